The molecule has 0 aliphatic heterocycles. The van der Waals surface area contributed by atoms with Crippen molar-refractivity contribution in [1.82, 2.24) is 10.3 Å². The van der Waals surface area contributed by atoms with Crippen molar-refractivity contribution >= 4 is 39.0 Å². The Balaban J connectivity index is 2.46. The molecule has 1 rings (SSSR count). The highest BCUT2D eigenvalue weighted by molar-refractivity contribution is 7.84. The predicted molar refractivity (Wildman–Crippen MR) is 72.0 cm³/mol. The van der Waals surface area contributed by atoms with Crippen molar-refractivity contribution < 1.29 is 9.00 Å². The molecule has 0 radical (unpaired) electrons. The van der Waals surface area contributed by atoms with Gasteiger partial charge in [0.05, 0.1) is 0 Å². The first-order valence-electron chi connectivity index (χ1n) is 5.07. The van der Waals surface area contributed by atoms with Crippen LogP contribution in [0, 0.1) is 0 Å². The molecule has 1 atom stereocenters. The van der Waals surface area contributed by atoms with Crippen LogP contribution >= 0.6 is 11.3 Å². The number of thiazole rings is 1. The van der Waals surface area contributed by atoms with Gasteiger partial charge in [0, 0.05) is 36.4 Å². The summed E-state index contributed by atoms with van der Waals surface area (Å²) in [5.74, 6) is 0.583. The number of nitrogens with two attached hydrogens (primary N) is 1. The maximum atomic E-state index is 11.7. The van der Waals surface area contributed by atoms with Gasteiger partial charge in [0.15, 0.2) is 5.13 Å². The summed E-state index contributed by atoms with van der Waals surface area (Å²) < 4.78 is 10.8. The van der Waals surface area contributed by atoms with E-state index in [-0.39, 0.29) is 11.7 Å². The van der Waals surface area contributed by atoms with Crippen LogP contribution in [0.5, 0.6) is 0 Å². The van der Waals surface area contributed by atoms with Crippen LogP contribution in [0.1, 0.15) is 16.1 Å². The molecule has 17 heavy (non-hydrogen) atoms. The Hall–Kier alpha value is -1.15. The number of carbonyl (C=O) groups is 1. The van der Waals surface area contributed by atoms with E-state index in [9.17, 15) is 9.00 Å². The van der Waals surface area contributed by atoms with Crippen LogP contribution in [0.3, 0.4) is 0 Å². The summed E-state index contributed by atoms with van der Waals surface area (Å²) in [6.07, 6.45) is 2.33. The Morgan fingerprint density at radius 3 is 2.82 bits per heavy atom. The Labute approximate surface area is 106 Å². The molecule has 96 valence electrons. The minimum atomic E-state index is -0.822. The Morgan fingerprint density at radius 2 is 2.29 bits per heavy atom. The molecule has 4 N–H and O–H groups in total. The highest BCUT2D eigenvalue weighted by atomic mass is 32.2. The lowest BCUT2D eigenvalue weighted by atomic mass is 10.4. The fraction of sp³-hybridized carbons (Fsp3) is 0.556. The number of anilines is 2. The summed E-state index contributed by atoms with van der Waals surface area (Å²) in [5.41, 5.74) is 5.62. The Morgan fingerprint density at radius 1 is 1.59 bits per heavy atom. The first-order valence-corrected chi connectivity index (χ1v) is 7.61. The second-order valence-corrected chi connectivity index (χ2v) is 5.92. The number of nitrogen functional groups attached to an aromatic ring is 1. The van der Waals surface area contributed by atoms with E-state index < -0.39 is 10.8 Å². The van der Waals surface area contributed by atoms with Gasteiger partial charge in [0.25, 0.3) is 5.91 Å². The molecule has 0 fully saturated rings. The Bertz CT molecular complexity index is 419. The summed E-state index contributed by atoms with van der Waals surface area (Å²) in [5, 5.41) is 6.17. The van der Waals surface area contributed by atoms with Crippen molar-refractivity contribution in [2.45, 2.75) is 6.42 Å². The van der Waals surface area contributed by atoms with E-state index in [1.54, 1.807) is 13.3 Å². The second-order valence-electron chi connectivity index (χ2n) is 3.37. The number of hydrogen-bond donors (Lipinski definition) is 3. The fourth-order valence-corrected chi connectivity index (χ4v) is 2.46. The topological polar surface area (TPSA) is 97.1 Å². The molecule has 8 heteroatoms. The molecule has 1 heterocycles. The van der Waals surface area contributed by atoms with Gasteiger partial charge in [-0.3, -0.25) is 9.00 Å². The molecule has 1 aromatic heterocycles. The molecule has 0 aliphatic rings. The number of amides is 1. The van der Waals surface area contributed by atoms with E-state index in [1.165, 1.54) is 11.3 Å². The molecule has 0 bridgehead atoms. The smallest absolute Gasteiger partial charge is 0.265 e. The average Bonchev–Trinajstić information content (AvgIpc) is 2.65. The van der Waals surface area contributed by atoms with Crippen LogP contribution in [-0.2, 0) is 10.8 Å². The molecule has 1 amide bonds. The largest absolute Gasteiger partial charge is 0.382 e. The number of nitrogens with one attached hydrogen (secondary N) is 2. The van der Waals surface area contributed by atoms with E-state index in [0.717, 1.165) is 0 Å². The van der Waals surface area contributed by atoms with Gasteiger partial charge in [0.2, 0.25) is 0 Å². The van der Waals surface area contributed by atoms with E-state index in [2.05, 4.69) is 15.6 Å². The van der Waals surface area contributed by atoms with Gasteiger partial charge in [-0.15, -0.1) is 0 Å². The van der Waals surface area contributed by atoms with Crippen LogP contribution < -0.4 is 16.4 Å². The molecule has 0 spiro atoms. The van der Waals surface area contributed by atoms with Crippen molar-refractivity contribution in [3.05, 3.63) is 4.88 Å². The minimum Gasteiger partial charge on any atom is -0.382 e. The van der Waals surface area contributed by atoms with Crippen molar-refractivity contribution in [1.29, 1.82) is 0 Å². The molecular weight excluding hydrogens is 260 g/mol. The van der Waals surface area contributed by atoms with E-state index in [1.807, 2.05) is 0 Å². The van der Waals surface area contributed by atoms with Gasteiger partial charge in [-0.1, -0.05) is 11.3 Å². The zero-order valence-corrected chi connectivity index (χ0v) is 11.4. The highest BCUT2D eigenvalue weighted by Gasteiger charge is 2.14. The van der Waals surface area contributed by atoms with Gasteiger partial charge in [0.1, 0.15) is 10.7 Å². The van der Waals surface area contributed by atoms with Crippen molar-refractivity contribution in [2.24, 2.45) is 0 Å². The van der Waals surface area contributed by atoms with Crippen LogP contribution in [0.2, 0.25) is 0 Å². The predicted octanol–water partition coefficient (Wildman–Crippen LogP) is 0.265. The first-order chi connectivity index (χ1) is 8.04. The molecular formula is C9H16N4O2S2. The molecule has 1 unspecified atom stereocenters. The summed E-state index contributed by atoms with van der Waals surface area (Å²) in [6.45, 7) is 0.491. The first kappa shape index (κ1) is 13.9. The summed E-state index contributed by atoms with van der Waals surface area (Å²) >= 11 is 1.21. The van der Waals surface area contributed by atoms with Gasteiger partial charge in [-0.25, -0.2) is 4.98 Å². The zero-order chi connectivity index (χ0) is 12.8. The summed E-state index contributed by atoms with van der Waals surface area (Å²) in [7, 11) is 0.897. The SMILES string of the molecule is CNc1nc(N)c(C(=O)NCCCS(C)=O)s1. The molecule has 0 aromatic carbocycles. The van der Waals surface area contributed by atoms with Gasteiger partial charge in [-0.05, 0) is 6.42 Å². The van der Waals surface area contributed by atoms with E-state index in [4.69, 9.17) is 5.73 Å². The third-order valence-electron chi connectivity index (χ3n) is 1.97. The molecule has 6 nitrogen and oxygen atoms in total. The fourth-order valence-electron chi connectivity index (χ4n) is 1.16. The highest BCUT2D eigenvalue weighted by Crippen LogP contribution is 2.23. The van der Waals surface area contributed by atoms with Crippen molar-refractivity contribution in [2.75, 3.05) is 36.7 Å². The molecule has 0 aliphatic carbocycles. The van der Waals surface area contributed by atoms with Gasteiger partial charge in [-0.2, -0.15) is 0 Å². The maximum Gasteiger partial charge on any atom is 0.265 e. The molecule has 1 aromatic rings. The summed E-state index contributed by atoms with van der Waals surface area (Å²) in [4.78, 5) is 16.1. The standard InChI is InChI=1S/C9H16N4O2S2/c1-11-9-13-7(10)6(16-9)8(14)12-4-3-5-17(2)15/h3-5,10H2,1-2H3,(H,11,13)(H,12,14). The van der Waals surface area contributed by atoms with Crippen molar-refractivity contribution in [3.63, 3.8) is 0 Å². The van der Waals surface area contributed by atoms with Crippen LogP contribution in [0.4, 0.5) is 10.9 Å². The number of carbonyl (C=O) groups excluding carboxylic acids is 1. The third kappa shape index (κ3) is 4.31. The number of aromatic nitrogens is 1. The van der Waals surface area contributed by atoms with Crippen molar-refractivity contribution in [3.8, 4) is 0 Å². The summed E-state index contributed by atoms with van der Waals surface area (Å²) in [6, 6.07) is 0. The normalized spacial score (nSPS) is 12.1. The number of hydrogen-bond acceptors (Lipinski definition) is 6. The number of rotatable bonds is 6. The Kier molecular flexibility index (Phi) is 5.36. The second kappa shape index (κ2) is 6.55. The third-order valence-corrected chi connectivity index (χ3v) is 3.92. The maximum absolute atomic E-state index is 11.7. The lowest BCUT2D eigenvalue weighted by molar-refractivity contribution is 0.0958. The number of nitrogens with zero attached hydrogens (tertiary/aromatic N) is 1. The van der Waals surface area contributed by atoms with Crippen LogP contribution in [-0.4, -0.2) is 40.7 Å². The lowest BCUT2D eigenvalue weighted by Crippen LogP contribution is -2.25. The average molecular weight is 276 g/mol. The molecule has 0 saturated heterocycles. The molecule has 0 saturated carbocycles. The zero-order valence-electron chi connectivity index (χ0n) is 9.78. The quantitative estimate of drug-likeness (QED) is 0.648. The monoisotopic (exact) mass is 276 g/mol. The van der Waals surface area contributed by atoms with Gasteiger partial charge >= 0.3 is 0 Å². The van der Waals surface area contributed by atoms with Crippen LogP contribution in [0.15, 0.2) is 0 Å². The van der Waals surface area contributed by atoms with E-state index >= 15 is 0 Å². The lowest BCUT2D eigenvalue weighted by Gasteiger charge is -2.02. The minimum absolute atomic E-state index is 0.232. The van der Waals surface area contributed by atoms with E-state index in [0.29, 0.717) is 28.7 Å². The van der Waals surface area contributed by atoms with Gasteiger partial charge < -0.3 is 16.4 Å². The van der Waals surface area contributed by atoms with Crippen LogP contribution in [0.25, 0.3) is 0 Å².